The molecule has 2 aliphatic carbocycles. The molecule has 1 aromatic carbocycles. The van der Waals surface area contributed by atoms with E-state index in [1.54, 1.807) is 15.6 Å². The minimum absolute atomic E-state index is 0.174. The predicted molar refractivity (Wildman–Crippen MR) is 106 cm³/mol. The molecule has 1 saturated heterocycles. The number of piperidine rings is 1. The molecule has 3 fully saturated rings. The van der Waals surface area contributed by atoms with E-state index >= 15 is 0 Å². The van der Waals surface area contributed by atoms with Gasteiger partial charge in [0, 0.05) is 30.0 Å². The Morgan fingerprint density at radius 1 is 1.13 bits per heavy atom. The Kier molecular flexibility index (Phi) is 3.70. The number of nitrogens with one attached hydrogen (secondary N) is 1. The lowest BCUT2D eigenvalue weighted by Crippen LogP contribution is -2.52. The number of rotatable bonds is 3. The number of aromatic nitrogens is 3. The number of carbonyl (C=O) groups excluding carboxylic acids is 3. The summed E-state index contributed by atoms with van der Waals surface area (Å²) in [6.07, 6.45) is 9.07. The number of fused-ring (bicyclic) bond motifs is 1. The van der Waals surface area contributed by atoms with Crippen molar-refractivity contribution in [2.75, 3.05) is 0 Å². The first-order chi connectivity index (χ1) is 14.5. The maximum absolute atomic E-state index is 13.0. The number of hydrogen-bond acceptors (Lipinski definition) is 5. The van der Waals surface area contributed by atoms with Gasteiger partial charge in [-0.15, -0.1) is 5.10 Å². The first-order valence-electron chi connectivity index (χ1n) is 10.7. The van der Waals surface area contributed by atoms with Crippen LogP contribution >= 0.6 is 0 Å². The van der Waals surface area contributed by atoms with Crippen molar-refractivity contribution < 1.29 is 14.4 Å². The van der Waals surface area contributed by atoms with Gasteiger partial charge in [0.15, 0.2) is 0 Å². The maximum atomic E-state index is 13.0. The van der Waals surface area contributed by atoms with Crippen molar-refractivity contribution in [3.63, 3.8) is 0 Å². The molecule has 1 N–H and O–H groups in total. The predicted octanol–water partition coefficient (Wildman–Crippen LogP) is 2.08. The topological polar surface area (TPSA) is 97.2 Å². The van der Waals surface area contributed by atoms with Crippen LogP contribution in [0.1, 0.15) is 72.5 Å². The van der Waals surface area contributed by atoms with Crippen LogP contribution in [0.4, 0.5) is 0 Å². The zero-order valence-corrected chi connectivity index (χ0v) is 16.6. The van der Waals surface area contributed by atoms with Crippen LogP contribution in [-0.2, 0) is 16.1 Å². The van der Waals surface area contributed by atoms with Gasteiger partial charge in [-0.2, -0.15) is 0 Å². The second-order valence-electron chi connectivity index (χ2n) is 9.25. The van der Waals surface area contributed by atoms with Crippen molar-refractivity contribution in [2.24, 2.45) is 5.41 Å². The highest BCUT2D eigenvalue weighted by molar-refractivity contribution is 6.05. The second-order valence-corrected chi connectivity index (χ2v) is 9.25. The minimum atomic E-state index is -0.615. The quantitative estimate of drug-likeness (QED) is 0.789. The van der Waals surface area contributed by atoms with E-state index in [4.69, 9.17) is 0 Å². The van der Waals surface area contributed by atoms with E-state index < -0.39 is 11.9 Å². The van der Waals surface area contributed by atoms with Gasteiger partial charge in [0.25, 0.3) is 5.91 Å². The molecule has 1 aromatic heterocycles. The molecule has 2 saturated carbocycles. The monoisotopic (exact) mass is 405 g/mol. The molecule has 8 heteroatoms. The standard InChI is InChI=1S/C22H23N5O3/c28-19-6-5-18(20(29)23-19)26-11-15-14(21(26)30)3-1-4-17(15)27-12-16(24-25-27)13-9-22(10-13)7-2-8-22/h1,3-4,12-13,18H,2,5-11H2,(H,23,28,29). The zero-order chi connectivity index (χ0) is 20.5. The van der Waals surface area contributed by atoms with Crippen LogP contribution in [0, 0.1) is 5.41 Å². The highest BCUT2D eigenvalue weighted by atomic mass is 16.2. The first-order valence-corrected chi connectivity index (χ1v) is 10.7. The zero-order valence-electron chi connectivity index (χ0n) is 16.6. The molecule has 6 rings (SSSR count). The number of amides is 3. The molecule has 154 valence electrons. The molecule has 0 radical (unpaired) electrons. The highest BCUT2D eigenvalue weighted by Gasteiger charge is 2.49. The summed E-state index contributed by atoms with van der Waals surface area (Å²) in [4.78, 5) is 38.3. The second kappa shape index (κ2) is 6.23. The van der Waals surface area contributed by atoms with Crippen molar-refractivity contribution in [3.8, 4) is 5.69 Å². The SMILES string of the molecule is O=C1CCC(N2Cc3c(cccc3-n3cc(C4CC5(CCC5)C4)nn3)C2=O)C(=O)N1. The summed E-state index contributed by atoms with van der Waals surface area (Å²) < 4.78 is 1.77. The van der Waals surface area contributed by atoms with Gasteiger partial charge in [0.2, 0.25) is 11.8 Å². The summed E-state index contributed by atoms with van der Waals surface area (Å²) >= 11 is 0. The molecule has 8 nitrogen and oxygen atoms in total. The van der Waals surface area contributed by atoms with Crippen molar-refractivity contribution >= 4 is 17.7 Å². The lowest BCUT2D eigenvalue weighted by atomic mass is 9.51. The van der Waals surface area contributed by atoms with Gasteiger partial charge in [-0.05, 0) is 49.7 Å². The Morgan fingerprint density at radius 3 is 2.70 bits per heavy atom. The van der Waals surface area contributed by atoms with E-state index in [-0.39, 0.29) is 18.2 Å². The Morgan fingerprint density at radius 2 is 1.97 bits per heavy atom. The van der Waals surface area contributed by atoms with Crippen LogP contribution in [0.2, 0.25) is 0 Å². The molecular formula is C22H23N5O3. The van der Waals surface area contributed by atoms with E-state index in [1.807, 2.05) is 18.3 Å². The average molecular weight is 405 g/mol. The molecule has 1 spiro atoms. The van der Waals surface area contributed by atoms with Gasteiger partial charge >= 0.3 is 0 Å². The van der Waals surface area contributed by atoms with Gasteiger partial charge < -0.3 is 4.90 Å². The van der Waals surface area contributed by atoms with Gasteiger partial charge in [-0.3, -0.25) is 19.7 Å². The summed E-state index contributed by atoms with van der Waals surface area (Å²) in [5.74, 6) is -0.368. The summed E-state index contributed by atoms with van der Waals surface area (Å²) in [7, 11) is 0. The molecule has 1 atom stereocenters. The van der Waals surface area contributed by atoms with Crippen LogP contribution in [0.25, 0.3) is 5.69 Å². The Balaban J connectivity index is 1.26. The molecule has 2 aromatic rings. The fourth-order valence-corrected chi connectivity index (χ4v) is 5.65. The molecule has 30 heavy (non-hydrogen) atoms. The minimum Gasteiger partial charge on any atom is -0.322 e. The number of hydrogen-bond donors (Lipinski definition) is 1. The molecule has 0 bridgehead atoms. The van der Waals surface area contributed by atoms with Gasteiger partial charge in [0.1, 0.15) is 6.04 Å². The highest BCUT2D eigenvalue weighted by Crippen LogP contribution is 2.61. The summed E-state index contributed by atoms with van der Waals surface area (Å²) in [5, 5.41) is 11.1. The van der Waals surface area contributed by atoms with E-state index in [0.29, 0.717) is 29.9 Å². The van der Waals surface area contributed by atoms with Gasteiger partial charge in [-0.25, -0.2) is 4.68 Å². The van der Waals surface area contributed by atoms with Crippen molar-refractivity contribution in [3.05, 3.63) is 41.2 Å². The van der Waals surface area contributed by atoms with Gasteiger partial charge in [0.05, 0.1) is 17.6 Å². The third-order valence-electron chi connectivity index (χ3n) is 7.51. The average Bonchev–Trinajstić information content (AvgIpc) is 3.25. The Bertz CT molecular complexity index is 1080. The molecule has 3 amide bonds. The van der Waals surface area contributed by atoms with Crippen LogP contribution in [0.3, 0.4) is 0 Å². The number of carbonyl (C=O) groups is 3. The van der Waals surface area contributed by atoms with Crippen LogP contribution in [-0.4, -0.2) is 43.7 Å². The molecule has 1 unspecified atom stereocenters. The Hall–Kier alpha value is -3.03. The summed E-state index contributed by atoms with van der Waals surface area (Å²) in [5.41, 5.74) is 3.87. The normalized spacial score (nSPS) is 25.1. The van der Waals surface area contributed by atoms with Crippen LogP contribution in [0.5, 0.6) is 0 Å². The fourth-order valence-electron chi connectivity index (χ4n) is 5.65. The third-order valence-corrected chi connectivity index (χ3v) is 7.51. The molecule has 4 aliphatic rings. The lowest BCUT2D eigenvalue weighted by molar-refractivity contribution is -0.136. The first kappa shape index (κ1) is 17.8. The van der Waals surface area contributed by atoms with Gasteiger partial charge in [-0.1, -0.05) is 17.7 Å². The lowest BCUT2D eigenvalue weighted by Gasteiger charge is -2.53. The summed E-state index contributed by atoms with van der Waals surface area (Å²) in [6.45, 7) is 0.332. The van der Waals surface area contributed by atoms with E-state index in [2.05, 4.69) is 15.6 Å². The molecule has 2 aliphatic heterocycles. The Labute approximate surface area is 173 Å². The largest absolute Gasteiger partial charge is 0.322 e. The van der Waals surface area contributed by atoms with E-state index in [9.17, 15) is 14.4 Å². The smallest absolute Gasteiger partial charge is 0.255 e. The molecular weight excluding hydrogens is 382 g/mol. The van der Waals surface area contributed by atoms with Crippen LogP contribution < -0.4 is 5.32 Å². The summed E-state index contributed by atoms with van der Waals surface area (Å²) in [6, 6.07) is 4.95. The van der Waals surface area contributed by atoms with E-state index in [1.165, 1.54) is 32.1 Å². The van der Waals surface area contributed by atoms with Crippen LogP contribution in [0.15, 0.2) is 24.4 Å². The molecule has 3 heterocycles. The van der Waals surface area contributed by atoms with Crippen molar-refractivity contribution in [1.29, 1.82) is 0 Å². The van der Waals surface area contributed by atoms with Crippen molar-refractivity contribution in [2.45, 2.75) is 63.5 Å². The fraction of sp³-hybridized carbons (Fsp3) is 0.500. The maximum Gasteiger partial charge on any atom is 0.255 e. The van der Waals surface area contributed by atoms with E-state index in [0.717, 1.165) is 16.9 Å². The number of nitrogens with zero attached hydrogens (tertiary/aromatic N) is 4. The number of imide groups is 1. The number of benzene rings is 1. The third kappa shape index (κ3) is 2.55. The van der Waals surface area contributed by atoms with Crippen molar-refractivity contribution in [1.82, 2.24) is 25.2 Å².